The van der Waals surface area contributed by atoms with E-state index in [4.69, 9.17) is 4.52 Å². The number of hydrogen-bond donors (Lipinski definition) is 1. The van der Waals surface area contributed by atoms with Crippen molar-refractivity contribution < 1.29 is 27.6 Å². The number of hydrogen-bond acceptors (Lipinski definition) is 6. The van der Waals surface area contributed by atoms with Crippen LogP contribution < -0.4 is 0 Å². The molecule has 0 radical (unpaired) electrons. The molecule has 1 saturated heterocycles. The fourth-order valence-electron chi connectivity index (χ4n) is 2.97. The SMILES string of the molecule is CCC(C)c1cc(C(=O)N(CC(=O)O)C2CCN(S(C)(=O)=O)CC2)on1. The van der Waals surface area contributed by atoms with Crippen molar-refractivity contribution >= 4 is 21.9 Å². The van der Waals surface area contributed by atoms with Gasteiger partial charge in [0.2, 0.25) is 15.8 Å². The van der Waals surface area contributed by atoms with Gasteiger partial charge in [-0.1, -0.05) is 19.0 Å². The van der Waals surface area contributed by atoms with Crippen LogP contribution in [0.4, 0.5) is 0 Å². The van der Waals surface area contributed by atoms with Gasteiger partial charge in [0.25, 0.3) is 5.91 Å². The minimum atomic E-state index is -3.29. The van der Waals surface area contributed by atoms with Crippen LogP contribution in [-0.2, 0) is 14.8 Å². The summed E-state index contributed by atoms with van der Waals surface area (Å²) in [6, 6.07) is 1.19. The normalized spacial score (nSPS) is 17.8. The number of carbonyl (C=O) groups is 2. The number of carboxylic acids is 1. The van der Waals surface area contributed by atoms with Crippen LogP contribution in [-0.4, -0.2) is 71.7 Å². The van der Waals surface area contributed by atoms with E-state index < -0.39 is 28.4 Å². The Kier molecular flexibility index (Phi) is 6.40. The summed E-state index contributed by atoms with van der Waals surface area (Å²) in [5.41, 5.74) is 0.651. The van der Waals surface area contributed by atoms with E-state index in [0.717, 1.165) is 12.7 Å². The molecular weight excluding hydrogens is 362 g/mol. The fraction of sp³-hybridized carbons (Fsp3) is 0.688. The van der Waals surface area contributed by atoms with E-state index in [1.54, 1.807) is 6.07 Å². The molecule has 1 aromatic heterocycles. The van der Waals surface area contributed by atoms with Gasteiger partial charge in [0.1, 0.15) is 6.54 Å². The first-order chi connectivity index (χ1) is 12.1. The molecule has 0 saturated carbocycles. The number of amides is 1. The zero-order valence-electron chi connectivity index (χ0n) is 15.2. The van der Waals surface area contributed by atoms with E-state index in [-0.39, 0.29) is 30.8 Å². The Morgan fingerprint density at radius 2 is 2.04 bits per heavy atom. The topological polar surface area (TPSA) is 121 Å². The summed E-state index contributed by atoms with van der Waals surface area (Å²) < 4.78 is 29.7. The summed E-state index contributed by atoms with van der Waals surface area (Å²) in [5.74, 6) is -1.53. The molecule has 146 valence electrons. The molecule has 1 atom stereocenters. The predicted molar refractivity (Wildman–Crippen MR) is 93.3 cm³/mol. The summed E-state index contributed by atoms with van der Waals surface area (Å²) in [7, 11) is -3.29. The van der Waals surface area contributed by atoms with Crippen molar-refractivity contribution in [2.45, 2.75) is 45.1 Å². The van der Waals surface area contributed by atoms with Crippen LogP contribution in [0.5, 0.6) is 0 Å². The second-order valence-electron chi connectivity index (χ2n) is 6.65. The van der Waals surface area contributed by atoms with E-state index in [0.29, 0.717) is 18.5 Å². The standard InChI is InChI=1S/C16H25N3O6S/c1-4-11(2)13-9-14(25-17-13)16(22)19(10-15(20)21)12-5-7-18(8-6-12)26(3,23)24/h9,11-12H,4-8,10H2,1-3H3,(H,20,21). The zero-order valence-corrected chi connectivity index (χ0v) is 16.0. The quantitative estimate of drug-likeness (QED) is 0.744. The maximum atomic E-state index is 12.8. The van der Waals surface area contributed by atoms with Crippen LogP contribution in [0.25, 0.3) is 0 Å². The molecule has 1 unspecified atom stereocenters. The molecule has 1 fully saturated rings. The Labute approximate surface area is 153 Å². The molecule has 26 heavy (non-hydrogen) atoms. The van der Waals surface area contributed by atoms with Crippen molar-refractivity contribution in [1.29, 1.82) is 0 Å². The van der Waals surface area contributed by atoms with Crippen molar-refractivity contribution in [3.05, 3.63) is 17.5 Å². The maximum absolute atomic E-state index is 12.8. The monoisotopic (exact) mass is 387 g/mol. The molecule has 0 aliphatic carbocycles. The molecule has 2 rings (SSSR count). The lowest BCUT2D eigenvalue weighted by Crippen LogP contribution is -2.50. The molecule has 1 aliphatic heterocycles. The first kappa shape index (κ1) is 20.4. The number of aromatic nitrogens is 1. The first-order valence-electron chi connectivity index (χ1n) is 8.58. The molecule has 1 aliphatic rings. The predicted octanol–water partition coefficient (Wildman–Crippen LogP) is 1.14. The average molecular weight is 387 g/mol. The van der Waals surface area contributed by atoms with E-state index >= 15 is 0 Å². The molecule has 0 aromatic carbocycles. The third kappa shape index (κ3) is 4.82. The van der Waals surface area contributed by atoms with Gasteiger partial charge in [0, 0.05) is 31.1 Å². The maximum Gasteiger partial charge on any atom is 0.323 e. The van der Waals surface area contributed by atoms with Crippen LogP contribution in [0, 0.1) is 0 Å². The third-order valence-electron chi connectivity index (χ3n) is 4.76. The number of aliphatic carboxylic acids is 1. The summed E-state index contributed by atoms with van der Waals surface area (Å²) in [4.78, 5) is 25.2. The number of carboxylic acid groups (broad SMARTS) is 1. The van der Waals surface area contributed by atoms with E-state index in [1.165, 1.54) is 9.21 Å². The molecule has 9 nitrogen and oxygen atoms in total. The lowest BCUT2D eigenvalue weighted by atomic mass is 10.0. The van der Waals surface area contributed by atoms with Gasteiger partial charge in [-0.2, -0.15) is 0 Å². The molecule has 1 N–H and O–H groups in total. The van der Waals surface area contributed by atoms with Crippen molar-refractivity contribution in [1.82, 2.24) is 14.4 Å². The Morgan fingerprint density at radius 1 is 1.42 bits per heavy atom. The number of sulfonamides is 1. The number of piperidine rings is 1. The smallest absolute Gasteiger partial charge is 0.323 e. The van der Waals surface area contributed by atoms with Crippen LogP contribution in [0.3, 0.4) is 0 Å². The van der Waals surface area contributed by atoms with Crippen molar-refractivity contribution in [3.63, 3.8) is 0 Å². The Morgan fingerprint density at radius 3 is 2.54 bits per heavy atom. The first-order valence-corrected chi connectivity index (χ1v) is 10.4. The summed E-state index contributed by atoms with van der Waals surface area (Å²) >= 11 is 0. The van der Waals surface area contributed by atoms with Gasteiger partial charge < -0.3 is 14.5 Å². The average Bonchev–Trinajstić information content (AvgIpc) is 3.07. The van der Waals surface area contributed by atoms with Gasteiger partial charge >= 0.3 is 5.97 Å². The van der Waals surface area contributed by atoms with Gasteiger partial charge in [0.15, 0.2) is 0 Å². The molecular formula is C16H25N3O6S. The molecule has 1 amide bonds. The van der Waals surface area contributed by atoms with Gasteiger partial charge in [-0.25, -0.2) is 12.7 Å². The zero-order chi connectivity index (χ0) is 19.5. The minimum absolute atomic E-state index is 0.00657. The van der Waals surface area contributed by atoms with Gasteiger partial charge in [0.05, 0.1) is 11.9 Å². The highest BCUT2D eigenvalue weighted by atomic mass is 32.2. The summed E-state index contributed by atoms with van der Waals surface area (Å²) in [5, 5.41) is 13.1. The van der Waals surface area contributed by atoms with Crippen LogP contribution in [0.2, 0.25) is 0 Å². The van der Waals surface area contributed by atoms with Crippen molar-refractivity contribution in [3.8, 4) is 0 Å². The van der Waals surface area contributed by atoms with E-state index in [2.05, 4.69) is 5.16 Å². The van der Waals surface area contributed by atoms with E-state index in [1.807, 2.05) is 13.8 Å². The van der Waals surface area contributed by atoms with Crippen molar-refractivity contribution in [2.24, 2.45) is 0 Å². The van der Waals surface area contributed by atoms with Gasteiger partial charge in [-0.3, -0.25) is 9.59 Å². The van der Waals surface area contributed by atoms with Gasteiger partial charge in [-0.15, -0.1) is 0 Å². The van der Waals surface area contributed by atoms with Crippen LogP contribution >= 0.6 is 0 Å². The van der Waals surface area contributed by atoms with Crippen LogP contribution in [0.15, 0.2) is 10.6 Å². The molecule has 0 spiro atoms. The van der Waals surface area contributed by atoms with Crippen molar-refractivity contribution in [2.75, 3.05) is 25.9 Å². The summed E-state index contributed by atoms with van der Waals surface area (Å²) in [6.07, 6.45) is 2.72. The molecule has 10 heteroatoms. The molecule has 2 heterocycles. The Bertz CT molecular complexity index is 752. The highest BCUT2D eigenvalue weighted by molar-refractivity contribution is 7.88. The highest BCUT2D eigenvalue weighted by Gasteiger charge is 2.34. The van der Waals surface area contributed by atoms with Crippen LogP contribution in [0.1, 0.15) is 55.3 Å². The Balaban J connectivity index is 2.16. The molecule has 0 bridgehead atoms. The summed E-state index contributed by atoms with van der Waals surface area (Å²) in [6.45, 7) is 3.99. The minimum Gasteiger partial charge on any atom is -0.480 e. The lowest BCUT2D eigenvalue weighted by Gasteiger charge is -2.36. The largest absolute Gasteiger partial charge is 0.480 e. The number of rotatable bonds is 7. The number of carbonyl (C=O) groups excluding carboxylic acids is 1. The second kappa shape index (κ2) is 8.17. The highest BCUT2D eigenvalue weighted by Crippen LogP contribution is 2.23. The molecule has 1 aromatic rings. The second-order valence-corrected chi connectivity index (χ2v) is 8.63. The fourth-order valence-corrected chi connectivity index (χ4v) is 3.84. The van der Waals surface area contributed by atoms with E-state index in [9.17, 15) is 23.1 Å². The number of nitrogens with zero attached hydrogens (tertiary/aromatic N) is 3. The third-order valence-corrected chi connectivity index (χ3v) is 6.06. The lowest BCUT2D eigenvalue weighted by molar-refractivity contribution is -0.138. The Hall–Kier alpha value is -1.94. The van der Waals surface area contributed by atoms with Gasteiger partial charge in [-0.05, 0) is 19.3 Å².